The smallest absolute Gasteiger partial charge is 0.127 e. The summed E-state index contributed by atoms with van der Waals surface area (Å²) >= 11 is 0. The lowest BCUT2D eigenvalue weighted by Gasteiger charge is -2.38. The lowest BCUT2D eigenvalue weighted by atomic mass is 9.68. The maximum Gasteiger partial charge on any atom is 0.127 e. The van der Waals surface area contributed by atoms with Crippen LogP contribution < -0.4 is 0 Å². The molecule has 2 aliphatic rings. The quantitative estimate of drug-likeness (QED) is 0.324. The molecule has 0 atom stereocenters. The summed E-state index contributed by atoms with van der Waals surface area (Å²) < 4.78 is 14.1. The van der Waals surface area contributed by atoms with Gasteiger partial charge in [-0.05, 0) is 79.9 Å². The molecule has 0 heterocycles. The second-order valence-electron chi connectivity index (χ2n) is 10.6. The van der Waals surface area contributed by atoms with Crippen LogP contribution in [0.4, 0.5) is 4.39 Å². The molecule has 2 heteroatoms. The largest absolute Gasteiger partial charge is 0.207 e. The van der Waals surface area contributed by atoms with Gasteiger partial charge in [0.15, 0.2) is 0 Å². The molecule has 2 fully saturated rings. The van der Waals surface area contributed by atoms with Gasteiger partial charge in [-0.3, -0.25) is 0 Å². The van der Waals surface area contributed by atoms with E-state index in [1.54, 1.807) is 6.07 Å². The average Bonchev–Trinajstić information content (AvgIpc) is 2.81. The van der Waals surface area contributed by atoms with Gasteiger partial charge in [0.2, 0.25) is 0 Å². The van der Waals surface area contributed by atoms with E-state index < -0.39 is 0 Å². The molecule has 1 aromatic carbocycles. The molecule has 0 aromatic heterocycles. The molecule has 31 heavy (non-hydrogen) atoms. The van der Waals surface area contributed by atoms with Crippen LogP contribution in [0.15, 0.2) is 18.2 Å². The van der Waals surface area contributed by atoms with Crippen molar-refractivity contribution in [1.29, 1.82) is 5.26 Å². The fraction of sp³-hybridized carbons (Fsp3) is 0.759. The van der Waals surface area contributed by atoms with E-state index in [1.807, 2.05) is 12.1 Å². The van der Waals surface area contributed by atoms with E-state index in [2.05, 4.69) is 6.92 Å². The van der Waals surface area contributed by atoms with E-state index in [0.717, 1.165) is 42.1 Å². The summed E-state index contributed by atoms with van der Waals surface area (Å²) in [7, 11) is 0. The van der Waals surface area contributed by atoms with Crippen LogP contribution in [-0.2, 0) is 6.42 Å². The fourth-order valence-corrected chi connectivity index (χ4v) is 6.29. The summed E-state index contributed by atoms with van der Waals surface area (Å²) in [5, 5.41) is 8.89. The molecule has 0 radical (unpaired) electrons. The third kappa shape index (κ3) is 7.93. The molecule has 2 saturated carbocycles. The number of nitriles is 1. The van der Waals surface area contributed by atoms with Crippen LogP contribution in [0.1, 0.15) is 121 Å². The summed E-state index contributed by atoms with van der Waals surface area (Å²) in [4.78, 5) is 0. The van der Waals surface area contributed by atoms with Crippen LogP contribution in [0.2, 0.25) is 0 Å². The summed E-state index contributed by atoms with van der Waals surface area (Å²) in [5.41, 5.74) is 1.20. The summed E-state index contributed by atoms with van der Waals surface area (Å²) in [5.74, 6) is 3.51. The Morgan fingerprint density at radius 3 is 1.97 bits per heavy atom. The molecular weight excluding hydrogens is 381 g/mol. The van der Waals surface area contributed by atoms with Gasteiger partial charge in [0.1, 0.15) is 5.82 Å². The highest BCUT2D eigenvalue weighted by Gasteiger charge is 2.30. The van der Waals surface area contributed by atoms with E-state index in [0.29, 0.717) is 5.56 Å². The van der Waals surface area contributed by atoms with Crippen molar-refractivity contribution in [3.8, 4) is 6.07 Å². The molecule has 0 amide bonds. The second kappa shape index (κ2) is 13.2. The lowest BCUT2D eigenvalue weighted by Crippen LogP contribution is -2.26. The van der Waals surface area contributed by atoms with Crippen LogP contribution in [0.3, 0.4) is 0 Å². The van der Waals surface area contributed by atoms with E-state index in [4.69, 9.17) is 5.26 Å². The second-order valence-corrected chi connectivity index (χ2v) is 10.6. The molecule has 0 N–H and O–H groups in total. The van der Waals surface area contributed by atoms with E-state index in [9.17, 15) is 4.39 Å². The van der Waals surface area contributed by atoms with Crippen LogP contribution in [0.5, 0.6) is 0 Å². The maximum atomic E-state index is 14.1. The number of nitrogens with zero attached hydrogens (tertiary/aromatic N) is 1. The van der Waals surface area contributed by atoms with Crippen molar-refractivity contribution in [2.24, 2.45) is 23.7 Å². The molecule has 172 valence electrons. The van der Waals surface area contributed by atoms with Crippen LogP contribution >= 0.6 is 0 Å². The first-order valence-corrected chi connectivity index (χ1v) is 13.4. The van der Waals surface area contributed by atoms with Crippen molar-refractivity contribution in [1.82, 2.24) is 0 Å². The Kier molecular flexibility index (Phi) is 10.4. The molecular formula is C29H44FN. The van der Waals surface area contributed by atoms with Crippen molar-refractivity contribution in [3.63, 3.8) is 0 Å². The van der Waals surface area contributed by atoms with Crippen LogP contribution in [0.25, 0.3) is 0 Å². The minimum Gasteiger partial charge on any atom is -0.207 e. The SMILES string of the molecule is CCCCCCCCC1CCC(C2CCC(CCc3ccc(C#N)cc3F)CC2)CC1. The Labute approximate surface area is 190 Å². The zero-order valence-corrected chi connectivity index (χ0v) is 19.9. The number of aryl methyl sites for hydroxylation is 1. The maximum absolute atomic E-state index is 14.1. The molecule has 3 rings (SSSR count). The van der Waals surface area contributed by atoms with Crippen molar-refractivity contribution < 1.29 is 4.39 Å². The molecule has 0 bridgehead atoms. The zero-order chi connectivity index (χ0) is 21.9. The van der Waals surface area contributed by atoms with E-state index in [1.165, 1.54) is 102 Å². The third-order valence-electron chi connectivity index (χ3n) is 8.42. The highest BCUT2D eigenvalue weighted by Crippen LogP contribution is 2.43. The summed E-state index contributed by atoms with van der Waals surface area (Å²) in [6.45, 7) is 2.30. The minimum absolute atomic E-state index is 0.203. The first kappa shape index (κ1) is 24.3. The number of rotatable bonds is 11. The van der Waals surface area contributed by atoms with Gasteiger partial charge in [-0.25, -0.2) is 4.39 Å². The van der Waals surface area contributed by atoms with E-state index in [-0.39, 0.29) is 5.82 Å². The molecule has 0 aliphatic heterocycles. The van der Waals surface area contributed by atoms with Gasteiger partial charge in [-0.1, -0.05) is 83.6 Å². The Hall–Kier alpha value is -1.36. The molecule has 2 aliphatic carbocycles. The highest BCUT2D eigenvalue weighted by atomic mass is 19.1. The minimum atomic E-state index is -0.203. The van der Waals surface area contributed by atoms with Gasteiger partial charge in [0.25, 0.3) is 0 Å². The number of unbranched alkanes of at least 4 members (excludes halogenated alkanes) is 5. The molecule has 0 saturated heterocycles. The molecule has 0 unspecified atom stereocenters. The predicted octanol–water partition coefficient (Wildman–Crippen LogP) is 8.99. The normalized spacial score (nSPS) is 26.5. The van der Waals surface area contributed by atoms with Gasteiger partial charge < -0.3 is 0 Å². The molecule has 0 spiro atoms. The Balaban J connectivity index is 1.29. The molecule has 1 nitrogen and oxygen atoms in total. The third-order valence-corrected chi connectivity index (χ3v) is 8.42. The first-order valence-electron chi connectivity index (χ1n) is 13.4. The Bertz CT molecular complexity index is 674. The highest BCUT2D eigenvalue weighted by molar-refractivity contribution is 5.32. The summed E-state index contributed by atoms with van der Waals surface area (Å²) in [6.07, 6.45) is 23.4. The van der Waals surface area contributed by atoms with Crippen molar-refractivity contribution in [3.05, 3.63) is 35.1 Å². The Morgan fingerprint density at radius 2 is 1.39 bits per heavy atom. The zero-order valence-electron chi connectivity index (χ0n) is 19.9. The predicted molar refractivity (Wildman–Crippen MR) is 128 cm³/mol. The number of hydrogen-bond acceptors (Lipinski definition) is 1. The standard InChI is InChI=1S/C29H44FN/c1-2-3-4-5-6-7-8-23-9-15-26(16-10-23)27-17-11-24(12-18-27)13-19-28-20-14-25(22-31)21-29(28)30/h14,20-21,23-24,26-27H,2-13,15-19H2,1H3. The van der Waals surface area contributed by atoms with Crippen LogP contribution in [-0.4, -0.2) is 0 Å². The van der Waals surface area contributed by atoms with E-state index >= 15 is 0 Å². The van der Waals surface area contributed by atoms with Gasteiger partial charge in [-0.2, -0.15) is 5.26 Å². The average molecular weight is 426 g/mol. The number of benzene rings is 1. The monoisotopic (exact) mass is 425 g/mol. The molecule has 1 aromatic rings. The Morgan fingerprint density at radius 1 is 0.806 bits per heavy atom. The van der Waals surface area contributed by atoms with Gasteiger partial charge in [0, 0.05) is 0 Å². The van der Waals surface area contributed by atoms with Gasteiger partial charge in [-0.15, -0.1) is 0 Å². The van der Waals surface area contributed by atoms with Crippen LogP contribution in [0, 0.1) is 40.8 Å². The topological polar surface area (TPSA) is 23.8 Å². The summed E-state index contributed by atoms with van der Waals surface area (Å²) in [6, 6.07) is 6.96. The van der Waals surface area contributed by atoms with Crippen molar-refractivity contribution in [2.75, 3.05) is 0 Å². The van der Waals surface area contributed by atoms with Gasteiger partial charge >= 0.3 is 0 Å². The first-order chi connectivity index (χ1) is 15.2. The van der Waals surface area contributed by atoms with Gasteiger partial charge in [0.05, 0.1) is 11.6 Å². The van der Waals surface area contributed by atoms with Crippen molar-refractivity contribution >= 4 is 0 Å². The number of hydrogen-bond donors (Lipinski definition) is 0. The lowest BCUT2D eigenvalue weighted by molar-refractivity contribution is 0.140. The fourth-order valence-electron chi connectivity index (χ4n) is 6.29. The number of halogens is 1. The van der Waals surface area contributed by atoms with Crippen molar-refractivity contribution in [2.45, 2.75) is 116 Å².